The number of aromatic nitrogens is 2. The molecule has 1 aromatic heterocycles. The van der Waals surface area contributed by atoms with Crippen molar-refractivity contribution in [1.82, 2.24) is 14.9 Å². The lowest BCUT2D eigenvalue weighted by atomic mass is 10.0. The van der Waals surface area contributed by atoms with Gasteiger partial charge in [0.2, 0.25) is 0 Å². The Morgan fingerprint density at radius 3 is 2.48 bits per heavy atom. The molecule has 0 fully saturated rings. The largest absolute Gasteiger partial charge is 0.338 e. The van der Waals surface area contributed by atoms with Crippen molar-refractivity contribution in [3.05, 3.63) is 88.0 Å². The Kier molecular flexibility index (Phi) is 4.91. The Hall–Kier alpha value is -2.59. The molecule has 0 unspecified atom stereocenters. The molecular formula is C20H20ClN3O. The van der Waals surface area contributed by atoms with E-state index in [1.807, 2.05) is 74.1 Å². The van der Waals surface area contributed by atoms with Gasteiger partial charge in [-0.2, -0.15) is 0 Å². The number of hydrogen-bond acceptors (Lipinski definition) is 2. The molecule has 1 atom stereocenters. The van der Waals surface area contributed by atoms with Crippen LogP contribution in [0, 0.1) is 13.8 Å². The number of carbonyl (C=O) groups excluding carboxylic acids is 1. The van der Waals surface area contributed by atoms with Gasteiger partial charge >= 0.3 is 0 Å². The van der Waals surface area contributed by atoms with Crippen molar-refractivity contribution in [2.24, 2.45) is 7.05 Å². The third kappa shape index (κ3) is 3.74. The molecule has 3 aromatic rings. The smallest absolute Gasteiger partial charge is 0.252 e. The summed E-state index contributed by atoms with van der Waals surface area (Å²) >= 11 is 6.00. The number of benzene rings is 2. The van der Waals surface area contributed by atoms with Gasteiger partial charge in [0.25, 0.3) is 5.91 Å². The molecule has 2 aromatic carbocycles. The summed E-state index contributed by atoms with van der Waals surface area (Å²) in [7, 11) is 1.91. The van der Waals surface area contributed by atoms with Crippen LogP contribution in [0.3, 0.4) is 0 Å². The number of rotatable bonds is 4. The van der Waals surface area contributed by atoms with Gasteiger partial charge in [0.05, 0.1) is 0 Å². The zero-order valence-electron chi connectivity index (χ0n) is 14.5. The summed E-state index contributed by atoms with van der Waals surface area (Å²) in [6.45, 7) is 3.96. The van der Waals surface area contributed by atoms with Crippen LogP contribution in [0.4, 0.5) is 0 Å². The van der Waals surface area contributed by atoms with E-state index in [1.165, 1.54) is 0 Å². The quantitative estimate of drug-likeness (QED) is 0.763. The van der Waals surface area contributed by atoms with Crippen molar-refractivity contribution >= 4 is 17.5 Å². The van der Waals surface area contributed by atoms with Crippen molar-refractivity contribution in [3.8, 4) is 0 Å². The van der Waals surface area contributed by atoms with Gasteiger partial charge in [0.1, 0.15) is 11.9 Å². The highest BCUT2D eigenvalue weighted by atomic mass is 35.5. The molecule has 0 radical (unpaired) electrons. The number of aryl methyl sites for hydroxylation is 3. The van der Waals surface area contributed by atoms with E-state index < -0.39 is 0 Å². The second-order valence-electron chi connectivity index (χ2n) is 6.17. The second kappa shape index (κ2) is 7.11. The van der Waals surface area contributed by atoms with Gasteiger partial charge in [-0.3, -0.25) is 4.79 Å². The zero-order chi connectivity index (χ0) is 18.0. The maximum atomic E-state index is 12.9. The second-order valence-corrected chi connectivity index (χ2v) is 6.61. The molecule has 0 saturated carbocycles. The molecule has 0 bridgehead atoms. The lowest BCUT2D eigenvalue weighted by molar-refractivity contribution is 0.0940. The molecule has 1 N–H and O–H groups in total. The van der Waals surface area contributed by atoms with Crippen LogP contribution in [-0.4, -0.2) is 15.5 Å². The zero-order valence-corrected chi connectivity index (χ0v) is 15.2. The maximum Gasteiger partial charge on any atom is 0.252 e. The summed E-state index contributed by atoms with van der Waals surface area (Å²) in [5, 5.41) is 3.76. The van der Waals surface area contributed by atoms with E-state index in [9.17, 15) is 4.79 Å². The number of hydrogen-bond donors (Lipinski definition) is 1. The topological polar surface area (TPSA) is 46.9 Å². The molecule has 128 valence electrons. The van der Waals surface area contributed by atoms with Gasteiger partial charge in [-0.25, -0.2) is 4.98 Å². The van der Waals surface area contributed by atoms with Crippen LogP contribution in [0.2, 0.25) is 5.02 Å². The highest BCUT2D eigenvalue weighted by Crippen LogP contribution is 2.23. The van der Waals surface area contributed by atoms with Crippen LogP contribution in [0.25, 0.3) is 0 Å². The number of carbonyl (C=O) groups is 1. The molecule has 5 heteroatoms. The van der Waals surface area contributed by atoms with Gasteiger partial charge in [0, 0.05) is 30.0 Å². The van der Waals surface area contributed by atoms with Crippen molar-refractivity contribution in [2.45, 2.75) is 19.9 Å². The van der Waals surface area contributed by atoms with Crippen LogP contribution in [0.1, 0.15) is 38.9 Å². The first-order valence-electron chi connectivity index (χ1n) is 8.06. The minimum atomic E-state index is -0.356. The van der Waals surface area contributed by atoms with E-state index in [0.717, 1.165) is 22.5 Å². The van der Waals surface area contributed by atoms with E-state index in [0.29, 0.717) is 10.6 Å². The molecule has 0 saturated heterocycles. The van der Waals surface area contributed by atoms with Gasteiger partial charge in [0.15, 0.2) is 0 Å². The Balaban J connectivity index is 1.96. The monoisotopic (exact) mass is 353 g/mol. The average molecular weight is 354 g/mol. The van der Waals surface area contributed by atoms with E-state index >= 15 is 0 Å². The summed E-state index contributed by atoms with van der Waals surface area (Å²) in [6.07, 6.45) is 3.59. The fourth-order valence-corrected chi connectivity index (χ4v) is 3.01. The summed E-state index contributed by atoms with van der Waals surface area (Å²) in [5.74, 6) is 0.640. The number of nitrogens with one attached hydrogen (secondary N) is 1. The Morgan fingerprint density at radius 1 is 1.16 bits per heavy atom. The fraction of sp³-hybridized carbons (Fsp3) is 0.200. The van der Waals surface area contributed by atoms with E-state index in [1.54, 1.807) is 6.20 Å². The summed E-state index contributed by atoms with van der Waals surface area (Å²) in [6, 6.07) is 12.9. The van der Waals surface area contributed by atoms with Gasteiger partial charge in [-0.1, -0.05) is 41.4 Å². The fourth-order valence-electron chi connectivity index (χ4n) is 2.88. The molecule has 4 nitrogen and oxygen atoms in total. The molecule has 0 aliphatic carbocycles. The summed E-state index contributed by atoms with van der Waals surface area (Å²) < 4.78 is 1.90. The van der Waals surface area contributed by atoms with Crippen molar-refractivity contribution in [1.29, 1.82) is 0 Å². The van der Waals surface area contributed by atoms with Crippen molar-refractivity contribution < 1.29 is 4.79 Å². The molecular weight excluding hydrogens is 334 g/mol. The van der Waals surface area contributed by atoms with E-state index in [-0.39, 0.29) is 11.9 Å². The van der Waals surface area contributed by atoms with Crippen molar-refractivity contribution in [2.75, 3.05) is 0 Å². The Morgan fingerprint density at radius 2 is 1.88 bits per heavy atom. The van der Waals surface area contributed by atoms with Gasteiger partial charge in [-0.15, -0.1) is 0 Å². The number of amides is 1. The first-order chi connectivity index (χ1) is 12.0. The van der Waals surface area contributed by atoms with Crippen molar-refractivity contribution in [3.63, 3.8) is 0 Å². The normalized spacial score (nSPS) is 12.0. The lowest BCUT2D eigenvalue weighted by Crippen LogP contribution is -2.31. The Labute approximate surface area is 152 Å². The SMILES string of the molecule is Cc1ccc(C(=O)N[C@@H](c2ccc(Cl)cc2)c2nccn2C)c(C)c1. The van der Waals surface area contributed by atoms with Gasteiger partial charge in [-0.05, 0) is 43.2 Å². The molecule has 0 aliphatic heterocycles. The summed E-state index contributed by atoms with van der Waals surface area (Å²) in [4.78, 5) is 17.3. The lowest BCUT2D eigenvalue weighted by Gasteiger charge is -2.20. The summed E-state index contributed by atoms with van der Waals surface area (Å²) in [5.41, 5.74) is 3.68. The highest BCUT2D eigenvalue weighted by molar-refractivity contribution is 6.30. The minimum Gasteiger partial charge on any atom is -0.338 e. The van der Waals surface area contributed by atoms with E-state index in [2.05, 4.69) is 10.3 Å². The molecule has 1 amide bonds. The molecule has 0 aliphatic rings. The molecule has 0 spiro atoms. The molecule has 3 rings (SSSR count). The standard InChI is InChI=1S/C20H20ClN3O/c1-13-4-9-17(14(2)12-13)20(25)23-18(19-22-10-11-24(19)3)15-5-7-16(21)8-6-15/h4-12,18H,1-3H3,(H,23,25)/t18-/m0/s1. The van der Waals surface area contributed by atoms with Crippen LogP contribution < -0.4 is 5.32 Å². The number of nitrogens with zero attached hydrogens (tertiary/aromatic N) is 2. The predicted molar refractivity (Wildman–Crippen MR) is 99.9 cm³/mol. The van der Waals surface area contributed by atoms with Gasteiger partial charge < -0.3 is 9.88 Å². The third-order valence-electron chi connectivity index (χ3n) is 4.22. The first-order valence-corrected chi connectivity index (χ1v) is 8.44. The maximum absolute atomic E-state index is 12.9. The Bertz CT molecular complexity index is 900. The van der Waals surface area contributed by atoms with E-state index in [4.69, 9.17) is 11.6 Å². The first kappa shape index (κ1) is 17.2. The van der Waals surface area contributed by atoms with Crippen LogP contribution in [0.15, 0.2) is 54.9 Å². The number of imidazole rings is 1. The predicted octanol–water partition coefficient (Wildman–Crippen LogP) is 4.21. The van der Waals surface area contributed by atoms with Crippen LogP contribution >= 0.6 is 11.6 Å². The van der Waals surface area contributed by atoms with Crippen LogP contribution in [0.5, 0.6) is 0 Å². The molecule has 1 heterocycles. The third-order valence-corrected chi connectivity index (χ3v) is 4.47. The highest BCUT2D eigenvalue weighted by Gasteiger charge is 2.22. The molecule has 25 heavy (non-hydrogen) atoms. The van der Waals surface area contributed by atoms with Crippen LogP contribution in [-0.2, 0) is 7.05 Å². The minimum absolute atomic E-state index is 0.125. The average Bonchev–Trinajstić information content (AvgIpc) is 2.99. The number of halogens is 1.